The molecule has 2 aromatic rings. The zero-order valence-electron chi connectivity index (χ0n) is 19.8. The van der Waals surface area contributed by atoms with Crippen LogP contribution in [0.25, 0.3) is 0 Å². The van der Waals surface area contributed by atoms with E-state index in [1.165, 1.54) is 6.07 Å². The zero-order valence-corrected chi connectivity index (χ0v) is 22.2. The molecule has 2 heterocycles. The number of benzene rings is 2. The lowest BCUT2D eigenvalue weighted by molar-refractivity contribution is 0.246. The van der Waals surface area contributed by atoms with Crippen LogP contribution in [0.5, 0.6) is 0 Å². The number of urea groups is 1. The van der Waals surface area contributed by atoms with Crippen molar-refractivity contribution in [3.05, 3.63) is 59.7 Å². The van der Waals surface area contributed by atoms with Crippen molar-refractivity contribution < 1.29 is 13.2 Å². The average molecular weight is 544 g/mol. The maximum Gasteiger partial charge on any atom is 0.321 e. The van der Waals surface area contributed by atoms with E-state index in [9.17, 15) is 13.2 Å². The second-order valence-corrected chi connectivity index (χ2v) is 10.4. The molecule has 192 valence electrons. The van der Waals surface area contributed by atoms with Crippen molar-refractivity contribution in [1.82, 2.24) is 14.5 Å². The van der Waals surface area contributed by atoms with Gasteiger partial charge in [0.25, 0.3) is 10.0 Å². The second-order valence-electron chi connectivity index (χ2n) is 8.53. The van der Waals surface area contributed by atoms with Gasteiger partial charge in [-0.1, -0.05) is 30.3 Å². The molecule has 4 rings (SSSR count). The fourth-order valence-corrected chi connectivity index (χ4v) is 5.57. The van der Waals surface area contributed by atoms with Crippen LogP contribution in [0.2, 0.25) is 0 Å². The monoisotopic (exact) mass is 542 g/mol. The number of carbonyl (C=O) groups is 1. The summed E-state index contributed by atoms with van der Waals surface area (Å²) in [6, 6.07) is 13.9. The highest BCUT2D eigenvalue weighted by Gasteiger charge is 2.35. The molecule has 2 amide bonds. The number of amides is 2. The lowest BCUT2D eigenvalue weighted by Crippen LogP contribution is -2.40. The number of nitrogens with one attached hydrogen (secondary N) is 1. The van der Waals surface area contributed by atoms with Gasteiger partial charge in [-0.3, -0.25) is 4.90 Å². The summed E-state index contributed by atoms with van der Waals surface area (Å²) < 4.78 is 27.8. The number of fused-ring (bicyclic) bond motifs is 1. The Kier molecular flexibility index (Phi) is 9.79. The Morgan fingerprint density at radius 1 is 1.17 bits per heavy atom. The van der Waals surface area contributed by atoms with E-state index in [-0.39, 0.29) is 54.3 Å². The summed E-state index contributed by atoms with van der Waals surface area (Å²) in [5.41, 5.74) is 8.50. The number of nitrogens with zero attached hydrogens (tertiary/aromatic N) is 4. The summed E-state index contributed by atoms with van der Waals surface area (Å²) in [6.45, 7) is 2.16. The van der Waals surface area contributed by atoms with Crippen molar-refractivity contribution in [2.75, 3.05) is 45.2 Å². The first-order chi connectivity index (χ1) is 15.8. The van der Waals surface area contributed by atoms with Crippen LogP contribution in [-0.4, -0.2) is 69.9 Å². The van der Waals surface area contributed by atoms with E-state index < -0.39 is 10.0 Å². The molecule has 0 spiro atoms. The highest BCUT2D eigenvalue weighted by atomic mass is 35.5. The van der Waals surface area contributed by atoms with Crippen molar-refractivity contribution in [3.8, 4) is 0 Å². The minimum atomic E-state index is -3.86. The number of anilines is 1. The van der Waals surface area contributed by atoms with E-state index in [4.69, 9.17) is 5.73 Å². The predicted molar refractivity (Wildman–Crippen MR) is 143 cm³/mol. The molecule has 2 aromatic carbocycles. The van der Waals surface area contributed by atoms with Gasteiger partial charge in [-0.05, 0) is 62.8 Å². The maximum atomic E-state index is 13.3. The normalized spacial score (nSPS) is 16.9. The smallest absolute Gasteiger partial charge is 0.321 e. The fourth-order valence-electron chi connectivity index (χ4n) is 4.15. The molecule has 1 unspecified atom stereocenters. The number of sulfonamides is 1. The van der Waals surface area contributed by atoms with E-state index in [0.717, 1.165) is 34.1 Å². The minimum absolute atomic E-state index is 0. The van der Waals surface area contributed by atoms with Gasteiger partial charge < -0.3 is 16.0 Å². The molecule has 0 aromatic heterocycles. The Morgan fingerprint density at radius 3 is 2.57 bits per heavy atom. The predicted octanol–water partition coefficient (Wildman–Crippen LogP) is 2.61. The summed E-state index contributed by atoms with van der Waals surface area (Å²) in [6.07, 6.45) is 1.46. The number of rotatable bonds is 7. The Labute approximate surface area is 219 Å². The van der Waals surface area contributed by atoms with Gasteiger partial charge in [0.2, 0.25) is 5.96 Å². The molecule has 12 heteroatoms. The quantitative estimate of drug-likeness (QED) is 0.522. The van der Waals surface area contributed by atoms with Crippen LogP contribution in [0.4, 0.5) is 10.5 Å². The molecule has 0 saturated heterocycles. The minimum Gasteiger partial charge on any atom is -0.369 e. The van der Waals surface area contributed by atoms with Crippen molar-refractivity contribution in [1.29, 1.82) is 0 Å². The van der Waals surface area contributed by atoms with Crippen LogP contribution in [0.3, 0.4) is 0 Å². The largest absolute Gasteiger partial charge is 0.369 e. The Hall–Kier alpha value is -2.53. The van der Waals surface area contributed by atoms with Crippen molar-refractivity contribution >= 4 is 52.5 Å². The Balaban J connectivity index is 0.00000216. The fraction of sp³-hybridized carbons (Fsp3) is 0.391. The van der Waals surface area contributed by atoms with Crippen LogP contribution in [0, 0.1) is 0 Å². The average Bonchev–Trinajstić information content (AvgIpc) is 3.40. The Morgan fingerprint density at radius 2 is 1.89 bits per heavy atom. The lowest BCUT2D eigenvalue weighted by atomic mass is 10.1. The molecule has 2 aliphatic heterocycles. The molecule has 0 radical (unpaired) electrons. The molecule has 0 aliphatic carbocycles. The third-order valence-corrected chi connectivity index (χ3v) is 7.67. The summed E-state index contributed by atoms with van der Waals surface area (Å²) in [7, 11) is 0.127. The summed E-state index contributed by atoms with van der Waals surface area (Å²) in [5, 5.41) is 2.94. The summed E-state index contributed by atoms with van der Waals surface area (Å²) in [4.78, 5) is 20.9. The van der Waals surface area contributed by atoms with Crippen LogP contribution in [0.15, 0.2) is 58.4 Å². The number of aliphatic imine (C=N–C) groups is 1. The van der Waals surface area contributed by atoms with Gasteiger partial charge in [0, 0.05) is 18.8 Å². The van der Waals surface area contributed by atoms with Crippen LogP contribution < -0.4 is 16.0 Å². The number of halogens is 2. The third-order valence-electron chi connectivity index (χ3n) is 5.90. The van der Waals surface area contributed by atoms with E-state index >= 15 is 0 Å². The molecule has 0 saturated carbocycles. The van der Waals surface area contributed by atoms with E-state index in [1.54, 1.807) is 17.0 Å². The van der Waals surface area contributed by atoms with Gasteiger partial charge in [-0.15, -0.1) is 24.8 Å². The van der Waals surface area contributed by atoms with E-state index in [0.29, 0.717) is 19.5 Å². The Bertz CT molecular complexity index is 1160. The van der Waals surface area contributed by atoms with Crippen molar-refractivity contribution in [2.24, 2.45) is 10.7 Å². The first kappa shape index (κ1) is 28.7. The number of carbonyl (C=O) groups excluding carboxylic acids is 1. The molecule has 0 bridgehead atoms. The summed E-state index contributed by atoms with van der Waals surface area (Å²) >= 11 is 0. The number of guanidine groups is 1. The molecule has 35 heavy (non-hydrogen) atoms. The topological polar surface area (TPSA) is 111 Å². The van der Waals surface area contributed by atoms with Crippen LogP contribution in [0.1, 0.15) is 23.6 Å². The highest BCUT2D eigenvalue weighted by Crippen LogP contribution is 2.33. The van der Waals surface area contributed by atoms with Gasteiger partial charge in [0.1, 0.15) is 0 Å². The van der Waals surface area contributed by atoms with Gasteiger partial charge >= 0.3 is 6.03 Å². The highest BCUT2D eigenvalue weighted by molar-refractivity contribution is 7.89. The summed E-state index contributed by atoms with van der Waals surface area (Å²) in [5.74, 6) is -0.0110. The number of hydrogen-bond acceptors (Lipinski definition) is 6. The zero-order chi connectivity index (χ0) is 23.6. The maximum absolute atomic E-state index is 13.3. The molecule has 1 atom stereocenters. The van der Waals surface area contributed by atoms with Crippen LogP contribution in [-0.2, 0) is 16.4 Å². The number of nitrogens with two attached hydrogens (primary N) is 1. The van der Waals surface area contributed by atoms with Gasteiger partial charge in [0.05, 0.1) is 17.5 Å². The molecular formula is C23H32Cl2N6O3S. The third kappa shape index (κ3) is 6.19. The van der Waals surface area contributed by atoms with Gasteiger partial charge in [-0.25, -0.2) is 22.5 Å². The second kappa shape index (κ2) is 11.9. The van der Waals surface area contributed by atoms with Gasteiger partial charge in [-0.2, -0.15) is 0 Å². The van der Waals surface area contributed by atoms with Gasteiger partial charge in [0.15, 0.2) is 0 Å². The standard InChI is InChI=1S/C23H30N6O3S.2ClH/c1-27(2)13-6-12-25-23(30)28-14-11-18-15-19(9-10-21(18)28)33(31,32)29-16-20(26-22(29)24)17-7-4-3-5-8-17;;/h3-5,7-10,15,20H,6,11-14,16H2,1-2H3,(H2,24,26)(H,25,30);2*1H. The van der Waals surface area contributed by atoms with E-state index in [1.807, 2.05) is 44.4 Å². The molecule has 2 aliphatic rings. The molecule has 0 fully saturated rings. The first-order valence-electron chi connectivity index (χ1n) is 11.0. The van der Waals surface area contributed by atoms with Crippen molar-refractivity contribution in [3.63, 3.8) is 0 Å². The molecular weight excluding hydrogens is 511 g/mol. The van der Waals surface area contributed by atoms with Crippen molar-refractivity contribution in [2.45, 2.75) is 23.8 Å². The van der Waals surface area contributed by atoms with E-state index in [2.05, 4.69) is 15.2 Å². The van der Waals surface area contributed by atoms with Crippen LogP contribution >= 0.6 is 24.8 Å². The lowest BCUT2D eigenvalue weighted by Gasteiger charge is -2.21. The number of hydrogen-bond donors (Lipinski definition) is 2. The first-order valence-corrected chi connectivity index (χ1v) is 12.5. The molecule has 3 N–H and O–H groups in total. The molecule has 9 nitrogen and oxygen atoms in total. The SMILES string of the molecule is CN(C)CCCNC(=O)N1CCc2cc(S(=O)(=O)N3CC(c4ccccc4)N=C3N)ccc21.Cl.Cl.